The molecule has 0 aliphatic carbocycles. The Bertz CT molecular complexity index is 1430. The molecule has 0 aliphatic rings. The van der Waals surface area contributed by atoms with Crippen LogP contribution in [0.1, 0.15) is 0 Å². The summed E-state index contributed by atoms with van der Waals surface area (Å²) in [5, 5.41) is 110. The number of aromatic hydroxyl groups is 11. The van der Waals surface area contributed by atoms with Gasteiger partial charge < -0.3 is 61.2 Å². The van der Waals surface area contributed by atoms with Crippen molar-refractivity contribution in [3.63, 3.8) is 0 Å². The summed E-state index contributed by atoms with van der Waals surface area (Å²) in [6.07, 6.45) is 0. The molecular formula is C18H14BNO11. The average molecular weight is 431 g/mol. The predicted molar refractivity (Wildman–Crippen MR) is 108 cm³/mol. The van der Waals surface area contributed by atoms with Gasteiger partial charge in [-0.25, -0.2) is 0 Å². The molecule has 0 amide bonds. The van der Waals surface area contributed by atoms with Crippen molar-refractivity contribution in [3.8, 4) is 74.4 Å². The number of fused-ring (bicyclic) bond motifs is 3. The van der Waals surface area contributed by atoms with Gasteiger partial charge in [0.25, 0.3) is 0 Å². The molecule has 12 N–H and O–H groups in total. The summed E-state index contributed by atoms with van der Waals surface area (Å²) in [6.45, 7) is 0. The van der Waals surface area contributed by atoms with Gasteiger partial charge in [-0.05, 0) is 5.46 Å². The van der Waals surface area contributed by atoms with Crippen LogP contribution in [0.2, 0.25) is 0 Å². The average Bonchev–Trinajstić information content (AvgIpc) is 3.14. The van der Waals surface area contributed by atoms with Crippen LogP contribution in [0.3, 0.4) is 0 Å². The largest absolute Gasteiger partial charge is 0.505 e. The Labute approximate surface area is 171 Å². The summed E-state index contributed by atoms with van der Waals surface area (Å²) in [5.41, 5.74) is -2.09. The van der Waals surface area contributed by atoms with Crippen LogP contribution in [0, 0.1) is 0 Å². The van der Waals surface area contributed by atoms with Crippen molar-refractivity contribution in [2.24, 2.45) is 0 Å². The maximum Gasteiger partial charge on any atom is 0.206 e. The topological polar surface area (TPSA) is 238 Å². The Balaban J connectivity index is 2.36. The zero-order valence-electron chi connectivity index (χ0n) is 15.4. The number of benzene rings is 3. The zero-order valence-corrected chi connectivity index (χ0v) is 15.4. The Morgan fingerprint density at radius 3 is 1.35 bits per heavy atom. The summed E-state index contributed by atoms with van der Waals surface area (Å²) < 4.78 is 0. The fourth-order valence-corrected chi connectivity index (χ4v) is 3.63. The van der Waals surface area contributed by atoms with Crippen molar-refractivity contribution < 1.29 is 56.2 Å². The van der Waals surface area contributed by atoms with E-state index in [0.717, 1.165) is 0 Å². The van der Waals surface area contributed by atoms with Gasteiger partial charge in [0, 0.05) is 5.56 Å². The molecular weight excluding hydrogens is 417 g/mol. The summed E-state index contributed by atoms with van der Waals surface area (Å²) >= 11 is 0. The van der Waals surface area contributed by atoms with Crippen molar-refractivity contribution in [3.05, 3.63) is 0 Å². The van der Waals surface area contributed by atoms with Crippen LogP contribution in [0.5, 0.6) is 63.2 Å². The van der Waals surface area contributed by atoms with Crippen molar-refractivity contribution in [2.75, 3.05) is 0 Å². The van der Waals surface area contributed by atoms with Gasteiger partial charge in [0.1, 0.15) is 7.85 Å². The Morgan fingerprint density at radius 1 is 0.387 bits per heavy atom. The number of hydrogen-bond donors (Lipinski definition) is 12. The van der Waals surface area contributed by atoms with Gasteiger partial charge in [0.15, 0.2) is 34.5 Å². The second-order valence-corrected chi connectivity index (χ2v) is 6.83. The lowest BCUT2D eigenvalue weighted by Gasteiger charge is -2.17. The number of H-pyrrole nitrogens is 1. The van der Waals surface area contributed by atoms with Gasteiger partial charge in [-0.2, -0.15) is 0 Å². The first kappa shape index (κ1) is 19.6. The zero-order chi connectivity index (χ0) is 23.1. The lowest BCUT2D eigenvalue weighted by molar-refractivity contribution is 0.348. The molecule has 0 saturated carbocycles. The molecule has 0 saturated heterocycles. The number of phenols is 11. The van der Waals surface area contributed by atoms with E-state index in [1.165, 1.54) is 7.85 Å². The minimum absolute atomic E-state index is 0.271. The van der Waals surface area contributed by atoms with Crippen molar-refractivity contribution in [2.45, 2.75) is 0 Å². The highest BCUT2D eigenvalue weighted by molar-refractivity contribution is 6.40. The molecule has 0 atom stereocenters. The summed E-state index contributed by atoms with van der Waals surface area (Å²) in [4.78, 5) is 2.49. The van der Waals surface area contributed by atoms with Gasteiger partial charge >= 0.3 is 0 Å². The van der Waals surface area contributed by atoms with Crippen LogP contribution >= 0.6 is 0 Å². The first-order valence-corrected chi connectivity index (χ1v) is 8.46. The fourth-order valence-electron chi connectivity index (χ4n) is 3.63. The first-order chi connectivity index (χ1) is 14.4. The molecule has 160 valence electrons. The molecule has 4 rings (SSSR count). The number of nitrogens with one attached hydrogen (secondary N) is 1. The van der Waals surface area contributed by atoms with Crippen molar-refractivity contribution in [1.29, 1.82) is 0 Å². The van der Waals surface area contributed by atoms with Crippen LogP contribution in [-0.2, 0) is 0 Å². The third-order valence-electron chi connectivity index (χ3n) is 5.21. The fraction of sp³-hybridized carbons (Fsp3) is 0. The smallest absolute Gasteiger partial charge is 0.206 e. The molecule has 1 aromatic heterocycles. The van der Waals surface area contributed by atoms with Gasteiger partial charge in [0.2, 0.25) is 28.7 Å². The highest BCUT2D eigenvalue weighted by atomic mass is 16.4. The monoisotopic (exact) mass is 431 g/mol. The summed E-state index contributed by atoms with van der Waals surface area (Å²) in [7, 11) is 1.19. The Morgan fingerprint density at radius 2 is 0.774 bits per heavy atom. The van der Waals surface area contributed by atoms with Crippen LogP contribution in [-0.4, -0.2) is 69.0 Å². The molecule has 0 radical (unpaired) electrons. The van der Waals surface area contributed by atoms with Crippen molar-refractivity contribution in [1.82, 2.24) is 4.98 Å². The lowest BCUT2D eigenvalue weighted by Crippen LogP contribution is -2.09. The van der Waals surface area contributed by atoms with Crippen LogP contribution in [0.4, 0.5) is 0 Å². The highest BCUT2D eigenvalue weighted by Gasteiger charge is 2.32. The quantitative estimate of drug-likeness (QED) is 0.109. The number of aromatic amines is 1. The number of rotatable bonds is 1. The van der Waals surface area contributed by atoms with E-state index in [0.29, 0.717) is 0 Å². The molecule has 0 bridgehead atoms. The molecule has 12 nitrogen and oxygen atoms in total. The van der Waals surface area contributed by atoms with Gasteiger partial charge in [0.05, 0.1) is 27.4 Å². The lowest BCUT2D eigenvalue weighted by atomic mass is 9.83. The van der Waals surface area contributed by atoms with E-state index in [2.05, 4.69) is 4.98 Å². The molecule has 0 aliphatic heterocycles. The van der Waals surface area contributed by atoms with E-state index in [1.54, 1.807) is 0 Å². The standard InChI is InChI=1S/C18H14BNO11/c19-5-1(8(21)15(28)17(30)12(5)25)2-6-3(10(23)14(27)9(2)22)4-7(20-6)13(26)18(31)16(29)11(4)24/h20-31H,19H2. The number of phenolic OH excluding ortho intramolecular Hbond substituents is 11. The van der Waals surface area contributed by atoms with Gasteiger partial charge in [-0.1, -0.05) is 0 Å². The first-order valence-electron chi connectivity index (χ1n) is 8.46. The maximum absolute atomic E-state index is 10.5. The van der Waals surface area contributed by atoms with Crippen LogP contribution in [0.15, 0.2) is 0 Å². The second-order valence-electron chi connectivity index (χ2n) is 6.83. The molecule has 1 heterocycles. The van der Waals surface area contributed by atoms with Gasteiger partial charge in [-0.3, -0.25) is 0 Å². The van der Waals surface area contributed by atoms with Gasteiger partial charge in [-0.15, -0.1) is 0 Å². The molecule has 0 fully saturated rings. The number of hydrogen-bond acceptors (Lipinski definition) is 11. The third kappa shape index (κ3) is 2.19. The predicted octanol–water partition coefficient (Wildman–Crippen LogP) is 0.00810. The third-order valence-corrected chi connectivity index (χ3v) is 5.21. The molecule has 13 heteroatoms. The minimum Gasteiger partial charge on any atom is -0.505 e. The molecule has 3 aromatic carbocycles. The van der Waals surface area contributed by atoms with E-state index < -0.39 is 90.7 Å². The Hall–Kier alpha value is -4.68. The summed E-state index contributed by atoms with van der Waals surface area (Å²) in [6, 6.07) is 0. The maximum atomic E-state index is 10.5. The van der Waals surface area contributed by atoms with Crippen LogP contribution in [0.25, 0.3) is 32.9 Å². The van der Waals surface area contributed by atoms with E-state index in [-0.39, 0.29) is 11.0 Å². The normalized spacial score (nSPS) is 11.5. The second kappa shape index (κ2) is 5.92. The van der Waals surface area contributed by atoms with E-state index in [4.69, 9.17) is 0 Å². The van der Waals surface area contributed by atoms with Crippen LogP contribution < -0.4 is 5.46 Å². The van der Waals surface area contributed by atoms with E-state index in [9.17, 15) is 56.2 Å². The Kier molecular flexibility index (Phi) is 3.75. The summed E-state index contributed by atoms with van der Waals surface area (Å²) in [5.74, 6) is -11.5. The highest BCUT2D eigenvalue weighted by Crippen LogP contribution is 2.58. The molecule has 0 unspecified atom stereocenters. The molecule has 31 heavy (non-hydrogen) atoms. The van der Waals surface area contributed by atoms with E-state index >= 15 is 0 Å². The number of aromatic nitrogens is 1. The van der Waals surface area contributed by atoms with E-state index in [1.807, 2.05) is 0 Å². The van der Waals surface area contributed by atoms with Crippen molar-refractivity contribution >= 4 is 35.1 Å². The molecule has 0 spiro atoms. The molecule has 4 aromatic rings. The minimum atomic E-state index is -1.16. The SMILES string of the molecule is Bc1c(O)c(O)c(O)c(O)c1-c1c(O)c(O)c(O)c2c1[nH]c1c(O)c(O)c(O)c(O)c12.